The first kappa shape index (κ1) is 25.4. The van der Waals surface area contributed by atoms with Crippen molar-refractivity contribution in [3.05, 3.63) is 23.8 Å². The Hall–Kier alpha value is -0.720. The second-order valence-corrected chi connectivity index (χ2v) is 13.0. The van der Waals surface area contributed by atoms with Gasteiger partial charge in [0.2, 0.25) is 0 Å². The normalized spacial score (nSPS) is 49.7. The van der Waals surface area contributed by atoms with E-state index in [0.717, 1.165) is 24.8 Å². The number of hydrogen-bond donors (Lipinski definition) is 5. The van der Waals surface area contributed by atoms with Crippen LogP contribution in [0.5, 0.6) is 0 Å². The molecule has 0 aromatic heterocycles. The highest BCUT2D eigenvalue weighted by Crippen LogP contribution is 2.69. The van der Waals surface area contributed by atoms with Crippen LogP contribution in [0.2, 0.25) is 0 Å². The van der Waals surface area contributed by atoms with Gasteiger partial charge in [0.05, 0.1) is 17.3 Å². The van der Waals surface area contributed by atoms with Crippen molar-refractivity contribution in [3.63, 3.8) is 0 Å². The Balaban J connectivity index is 1.65. The monoisotopic (exact) mass is 462 g/mol. The molecular weight excluding hydrogens is 416 g/mol. The highest BCUT2D eigenvalue weighted by Gasteiger charge is 2.70. The Kier molecular flexibility index (Phi) is 6.07. The van der Waals surface area contributed by atoms with E-state index in [1.807, 2.05) is 27.7 Å². The molecular formula is C28H46O5. The summed E-state index contributed by atoms with van der Waals surface area (Å²) >= 11 is 0. The van der Waals surface area contributed by atoms with Gasteiger partial charge in [-0.1, -0.05) is 45.9 Å². The summed E-state index contributed by atoms with van der Waals surface area (Å²) < 4.78 is 0. The third kappa shape index (κ3) is 3.52. The van der Waals surface area contributed by atoms with Gasteiger partial charge in [0.15, 0.2) is 0 Å². The zero-order chi connectivity index (χ0) is 24.6. The molecule has 4 rings (SSSR count). The van der Waals surface area contributed by atoms with Gasteiger partial charge in [-0.3, -0.25) is 0 Å². The zero-order valence-electron chi connectivity index (χ0n) is 21.4. The molecule has 0 aromatic rings. The number of aliphatic hydroxyl groups excluding tert-OH is 2. The maximum absolute atomic E-state index is 12.2. The number of allylic oxidation sites excluding steroid dienone is 1. The van der Waals surface area contributed by atoms with Gasteiger partial charge in [-0.15, -0.1) is 0 Å². The first-order chi connectivity index (χ1) is 15.1. The summed E-state index contributed by atoms with van der Waals surface area (Å²) in [6, 6.07) is 0. The first-order valence-electron chi connectivity index (χ1n) is 13.0. The van der Waals surface area contributed by atoms with E-state index in [9.17, 15) is 25.5 Å². The molecule has 10 atom stereocenters. The van der Waals surface area contributed by atoms with Crippen molar-refractivity contribution in [1.82, 2.24) is 0 Å². The molecule has 0 spiro atoms. The van der Waals surface area contributed by atoms with Crippen LogP contribution in [-0.2, 0) is 0 Å². The summed E-state index contributed by atoms with van der Waals surface area (Å²) in [5.41, 5.74) is -3.36. The second-order valence-electron chi connectivity index (χ2n) is 13.0. The van der Waals surface area contributed by atoms with Gasteiger partial charge in [-0.25, -0.2) is 0 Å². The van der Waals surface area contributed by atoms with E-state index in [4.69, 9.17) is 0 Å². The van der Waals surface area contributed by atoms with Crippen molar-refractivity contribution < 1.29 is 25.5 Å². The molecule has 5 heteroatoms. The lowest BCUT2D eigenvalue weighted by atomic mass is 9.43. The van der Waals surface area contributed by atoms with Gasteiger partial charge < -0.3 is 25.5 Å². The Morgan fingerprint density at radius 3 is 2.30 bits per heavy atom. The Labute approximate surface area is 199 Å². The molecule has 33 heavy (non-hydrogen) atoms. The highest BCUT2D eigenvalue weighted by atomic mass is 16.4. The molecule has 4 aliphatic rings. The van der Waals surface area contributed by atoms with Crippen molar-refractivity contribution in [2.45, 2.75) is 115 Å². The third-order valence-electron chi connectivity index (χ3n) is 11.0. The molecule has 5 nitrogen and oxygen atoms in total. The molecule has 0 heterocycles. The fourth-order valence-electron chi connectivity index (χ4n) is 8.12. The van der Waals surface area contributed by atoms with Gasteiger partial charge in [-0.2, -0.15) is 0 Å². The lowest BCUT2D eigenvalue weighted by molar-refractivity contribution is -0.258. The minimum absolute atomic E-state index is 0.0134. The van der Waals surface area contributed by atoms with Crippen LogP contribution in [0.25, 0.3) is 0 Å². The standard InChI is InChI=1S/C28H46O5/c1-17(7-8-18(2)24(3,4)31)20-9-10-21-22-15-23(30)28(33)16-19(29)11-12-26(28,6)27(22,32)14-13-25(20,21)5/h7-8,15,17-21,23,29-33H,9-14,16H2,1-6H3. The smallest absolute Gasteiger partial charge is 0.105 e. The van der Waals surface area contributed by atoms with Crippen molar-refractivity contribution in [2.75, 3.05) is 0 Å². The SMILES string of the molecule is CC(C=CC(C)C(C)(C)O)C1CCC2C3=CC(O)C4(O)CC(O)CCC4(C)C3(O)CCC21C. The molecule has 0 radical (unpaired) electrons. The number of hydrogen-bond acceptors (Lipinski definition) is 5. The summed E-state index contributed by atoms with van der Waals surface area (Å²) in [5, 5.41) is 55.5. The van der Waals surface area contributed by atoms with E-state index in [2.05, 4.69) is 26.0 Å². The highest BCUT2D eigenvalue weighted by molar-refractivity contribution is 5.40. The van der Waals surface area contributed by atoms with E-state index in [1.165, 1.54) is 0 Å². The molecule has 5 N–H and O–H groups in total. The van der Waals surface area contributed by atoms with Gasteiger partial charge in [0.1, 0.15) is 11.7 Å². The maximum Gasteiger partial charge on any atom is 0.105 e. The predicted molar refractivity (Wildman–Crippen MR) is 129 cm³/mol. The summed E-state index contributed by atoms with van der Waals surface area (Å²) in [7, 11) is 0. The predicted octanol–water partition coefficient (Wildman–Crippen LogP) is 3.73. The van der Waals surface area contributed by atoms with Crippen LogP contribution in [0.3, 0.4) is 0 Å². The number of rotatable bonds is 4. The van der Waals surface area contributed by atoms with Crippen molar-refractivity contribution in [3.8, 4) is 0 Å². The average molecular weight is 463 g/mol. The zero-order valence-corrected chi connectivity index (χ0v) is 21.4. The number of aliphatic hydroxyl groups is 5. The summed E-state index contributed by atoms with van der Waals surface area (Å²) in [4.78, 5) is 0. The quantitative estimate of drug-likeness (QED) is 0.410. The summed E-state index contributed by atoms with van der Waals surface area (Å²) in [6.45, 7) is 12.3. The van der Waals surface area contributed by atoms with Crippen molar-refractivity contribution in [1.29, 1.82) is 0 Å². The van der Waals surface area contributed by atoms with Crippen LogP contribution < -0.4 is 0 Å². The van der Waals surface area contributed by atoms with Crippen LogP contribution in [0.15, 0.2) is 23.8 Å². The van der Waals surface area contributed by atoms with Crippen LogP contribution >= 0.6 is 0 Å². The Morgan fingerprint density at radius 2 is 1.67 bits per heavy atom. The molecule has 0 aromatic carbocycles. The molecule has 3 saturated carbocycles. The molecule has 3 fully saturated rings. The topological polar surface area (TPSA) is 101 Å². The van der Waals surface area contributed by atoms with Crippen LogP contribution in [0, 0.1) is 34.5 Å². The van der Waals surface area contributed by atoms with Crippen LogP contribution in [0.1, 0.15) is 86.5 Å². The van der Waals surface area contributed by atoms with Gasteiger partial charge >= 0.3 is 0 Å². The molecule has 0 aliphatic heterocycles. The van der Waals surface area contributed by atoms with Crippen LogP contribution in [0.4, 0.5) is 0 Å². The van der Waals surface area contributed by atoms with E-state index in [0.29, 0.717) is 31.1 Å². The Bertz CT molecular complexity index is 829. The fraction of sp³-hybridized carbons (Fsp3) is 0.857. The third-order valence-corrected chi connectivity index (χ3v) is 11.0. The minimum Gasteiger partial charge on any atom is -0.393 e. The van der Waals surface area contributed by atoms with Crippen LogP contribution in [-0.4, -0.2) is 54.5 Å². The van der Waals surface area contributed by atoms with E-state index < -0.39 is 34.4 Å². The Morgan fingerprint density at radius 1 is 1.00 bits per heavy atom. The van der Waals surface area contributed by atoms with Crippen molar-refractivity contribution in [2.24, 2.45) is 34.5 Å². The lowest BCUT2D eigenvalue weighted by Gasteiger charge is -2.65. The molecule has 188 valence electrons. The lowest BCUT2D eigenvalue weighted by Crippen LogP contribution is -2.72. The fourth-order valence-corrected chi connectivity index (χ4v) is 8.12. The van der Waals surface area contributed by atoms with Gasteiger partial charge in [-0.05, 0) is 81.1 Å². The molecule has 10 unspecified atom stereocenters. The van der Waals surface area contributed by atoms with Gasteiger partial charge in [0.25, 0.3) is 0 Å². The molecule has 0 bridgehead atoms. The van der Waals surface area contributed by atoms with E-state index in [1.54, 1.807) is 6.08 Å². The maximum atomic E-state index is 12.2. The van der Waals surface area contributed by atoms with E-state index >= 15 is 0 Å². The second kappa shape index (κ2) is 7.89. The molecule has 0 saturated heterocycles. The summed E-state index contributed by atoms with van der Waals surface area (Å²) in [6.07, 6.45) is 9.02. The average Bonchev–Trinajstić information content (AvgIpc) is 3.07. The molecule has 4 aliphatic carbocycles. The largest absolute Gasteiger partial charge is 0.393 e. The first-order valence-corrected chi connectivity index (χ1v) is 13.0. The van der Waals surface area contributed by atoms with Gasteiger partial charge in [0, 0.05) is 17.8 Å². The minimum atomic E-state index is -1.52. The number of fused-ring (bicyclic) bond motifs is 5. The van der Waals surface area contributed by atoms with E-state index in [-0.39, 0.29) is 23.7 Å². The summed E-state index contributed by atoms with van der Waals surface area (Å²) in [5.74, 6) is 1.04. The van der Waals surface area contributed by atoms with Crippen molar-refractivity contribution >= 4 is 0 Å². The molecule has 0 amide bonds.